The van der Waals surface area contributed by atoms with Crippen LogP contribution in [-0.4, -0.2) is 46.6 Å². The Bertz CT molecular complexity index is 617. The summed E-state index contributed by atoms with van der Waals surface area (Å²) in [5.41, 5.74) is 0.863. The molecule has 2 rings (SSSR count). The fourth-order valence-electron chi connectivity index (χ4n) is 2.82. The molecule has 0 aliphatic carbocycles. The number of likely N-dealkylation sites (tertiary alicyclic amines) is 1. The quantitative estimate of drug-likeness (QED) is 0.820. The van der Waals surface area contributed by atoms with E-state index in [1.54, 1.807) is 13.8 Å². The standard InChI is InChI=1S/C18H24N2O5/c1-12(2)15(17(22)23)19-16(21)14-9-6-10-20(14)18(24)25-11-13-7-4-3-5-8-13/h3-5,7-8,12,14-15H,6,9-11H2,1-2H3,(H,19,21)(H,22,23). The SMILES string of the molecule is CC(C)C(NC(=O)C1CCCN1C(=O)OCc1ccccc1)C(=O)O. The van der Waals surface area contributed by atoms with Crippen LogP contribution < -0.4 is 5.32 Å². The van der Waals surface area contributed by atoms with Crippen molar-refractivity contribution in [1.82, 2.24) is 10.2 Å². The fraction of sp³-hybridized carbons (Fsp3) is 0.500. The van der Waals surface area contributed by atoms with Gasteiger partial charge in [-0.15, -0.1) is 0 Å². The first-order chi connectivity index (χ1) is 11.9. The minimum absolute atomic E-state index is 0.133. The van der Waals surface area contributed by atoms with Crippen LogP contribution in [0.4, 0.5) is 4.79 Å². The lowest BCUT2D eigenvalue weighted by Crippen LogP contribution is -2.52. The molecule has 0 bridgehead atoms. The molecule has 7 nitrogen and oxygen atoms in total. The molecule has 0 aromatic heterocycles. The number of rotatable bonds is 6. The molecule has 2 unspecified atom stereocenters. The first-order valence-electron chi connectivity index (χ1n) is 8.40. The van der Waals surface area contributed by atoms with Crippen molar-refractivity contribution in [3.63, 3.8) is 0 Å². The lowest BCUT2D eigenvalue weighted by molar-refractivity contribution is -0.143. The Hall–Kier alpha value is -2.57. The van der Waals surface area contributed by atoms with Gasteiger partial charge in [-0.05, 0) is 24.3 Å². The van der Waals surface area contributed by atoms with Crippen molar-refractivity contribution in [2.75, 3.05) is 6.54 Å². The van der Waals surface area contributed by atoms with Gasteiger partial charge in [0.1, 0.15) is 18.7 Å². The largest absolute Gasteiger partial charge is 0.480 e. The predicted octanol–water partition coefficient (Wildman–Crippen LogP) is 2.01. The molecule has 1 aromatic rings. The average Bonchev–Trinajstić information content (AvgIpc) is 3.07. The van der Waals surface area contributed by atoms with E-state index >= 15 is 0 Å². The Balaban J connectivity index is 1.95. The van der Waals surface area contributed by atoms with E-state index in [0.717, 1.165) is 5.56 Å². The van der Waals surface area contributed by atoms with E-state index in [1.165, 1.54) is 4.90 Å². The first-order valence-corrected chi connectivity index (χ1v) is 8.40. The van der Waals surface area contributed by atoms with Crippen LogP contribution in [0.15, 0.2) is 30.3 Å². The molecule has 1 aliphatic rings. The van der Waals surface area contributed by atoms with Crippen LogP contribution in [0.5, 0.6) is 0 Å². The van der Waals surface area contributed by atoms with E-state index in [9.17, 15) is 19.5 Å². The van der Waals surface area contributed by atoms with Gasteiger partial charge in [0.2, 0.25) is 5.91 Å². The maximum absolute atomic E-state index is 12.4. The van der Waals surface area contributed by atoms with E-state index in [2.05, 4.69) is 5.32 Å². The van der Waals surface area contributed by atoms with E-state index < -0.39 is 30.1 Å². The Morgan fingerprint density at radius 1 is 1.28 bits per heavy atom. The van der Waals surface area contributed by atoms with Gasteiger partial charge in [0, 0.05) is 6.54 Å². The monoisotopic (exact) mass is 348 g/mol. The normalized spacial score (nSPS) is 18.0. The molecule has 7 heteroatoms. The van der Waals surface area contributed by atoms with Crippen LogP contribution in [0.1, 0.15) is 32.3 Å². The van der Waals surface area contributed by atoms with E-state index in [-0.39, 0.29) is 12.5 Å². The van der Waals surface area contributed by atoms with Gasteiger partial charge in [-0.25, -0.2) is 9.59 Å². The summed E-state index contributed by atoms with van der Waals surface area (Å²) in [5, 5.41) is 11.7. The van der Waals surface area contributed by atoms with Gasteiger partial charge < -0.3 is 15.2 Å². The highest BCUT2D eigenvalue weighted by Crippen LogP contribution is 2.19. The molecule has 1 aromatic carbocycles. The molecule has 2 amide bonds. The highest BCUT2D eigenvalue weighted by atomic mass is 16.6. The summed E-state index contributed by atoms with van der Waals surface area (Å²) < 4.78 is 5.28. The number of nitrogens with zero attached hydrogens (tertiary/aromatic N) is 1. The topological polar surface area (TPSA) is 95.9 Å². The van der Waals surface area contributed by atoms with Gasteiger partial charge in [-0.2, -0.15) is 0 Å². The van der Waals surface area contributed by atoms with E-state index in [4.69, 9.17) is 4.74 Å². The minimum atomic E-state index is -1.08. The lowest BCUT2D eigenvalue weighted by Gasteiger charge is -2.26. The fourth-order valence-corrected chi connectivity index (χ4v) is 2.82. The molecule has 2 N–H and O–H groups in total. The summed E-state index contributed by atoms with van der Waals surface area (Å²) in [7, 11) is 0. The highest BCUT2D eigenvalue weighted by Gasteiger charge is 2.37. The number of carboxylic acids is 1. The smallest absolute Gasteiger partial charge is 0.410 e. The number of benzene rings is 1. The van der Waals surface area contributed by atoms with Crippen LogP contribution in [0.25, 0.3) is 0 Å². The predicted molar refractivity (Wildman–Crippen MR) is 90.8 cm³/mol. The maximum Gasteiger partial charge on any atom is 0.410 e. The third kappa shape index (κ3) is 4.95. The van der Waals surface area contributed by atoms with E-state index in [0.29, 0.717) is 19.4 Å². The summed E-state index contributed by atoms with van der Waals surface area (Å²) in [4.78, 5) is 37.3. The number of hydrogen-bond acceptors (Lipinski definition) is 4. The molecular weight excluding hydrogens is 324 g/mol. The molecule has 1 heterocycles. The molecule has 0 saturated carbocycles. The number of carbonyl (C=O) groups is 3. The Morgan fingerprint density at radius 2 is 1.96 bits per heavy atom. The first kappa shape index (κ1) is 18.8. The second kappa shape index (κ2) is 8.50. The van der Waals surface area contributed by atoms with Crippen molar-refractivity contribution in [2.24, 2.45) is 5.92 Å². The zero-order valence-corrected chi connectivity index (χ0v) is 14.5. The molecule has 0 spiro atoms. The summed E-state index contributed by atoms with van der Waals surface area (Å²) in [6.45, 7) is 4.00. The third-order valence-electron chi connectivity index (χ3n) is 4.23. The molecule has 1 saturated heterocycles. The summed E-state index contributed by atoms with van der Waals surface area (Å²) in [5.74, 6) is -1.78. The number of hydrogen-bond donors (Lipinski definition) is 2. The van der Waals surface area contributed by atoms with Gasteiger partial charge in [-0.1, -0.05) is 44.2 Å². The van der Waals surface area contributed by atoms with Crippen LogP contribution >= 0.6 is 0 Å². The van der Waals surface area contributed by atoms with Crippen molar-refractivity contribution in [3.8, 4) is 0 Å². The average molecular weight is 348 g/mol. The summed E-state index contributed by atoms with van der Waals surface area (Å²) in [6, 6.07) is 7.61. The molecule has 136 valence electrons. The number of amides is 2. The van der Waals surface area contributed by atoms with Crippen LogP contribution in [-0.2, 0) is 20.9 Å². The van der Waals surface area contributed by atoms with Crippen molar-refractivity contribution in [1.29, 1.82) is 0 Å². The van der Waals surface area contributed by atoms with Crippen LogP contribution in [0, 0.1) is 5.92 Å². The lowest BCUT2D eigenvalue weighted by atomic mass is 10.0. The maximum atomic E-state index is 12.4. The van der Waals surface area contributed by atoms with Crippen LogP contribution in [0.2, 0.25) is 0 Å². The molecular formula is C18H24N2O5. The summed E-state index contributed by atoms with van der Waals surface area (Å²) >= 11 is 0. The molecule has 1 aliphatic heterocycles. The summed E-state index contributed by atoms with van der Waals surface area (Å²) in [6.07, 6.45) is 0.618. The zero-order valence-electron chi connectivity index (χ0n) is 14.5. The van der Waals surface area contributed by atoms with Gasteiger partial charge in [0.15, 0.2) is 0 Å². The number of nitrogens with one attached hydrogen (secondary N) is 1. The van der Waals surface area contributed by atoms with Gasteiger partial charge in [0.05, 0.1) is 0 Å². The van der Waals surface area contributed by atoms with Gasteiger partial charge in [0.25, 0.3) is 0 Å². The number of carboxylic acid groups (broad SMARTS) is 1. The zero-order chi connectivity index (χ0) is 18.4. The molecule has 1 fully saturated rings. The van der Waals surface area contributed by atoms with Crippen LogP contribution in [0.3, 0.4) is 0 Å². The number of aliphatic carboxylic acids is 1. The highest BCUT2D eigenvalue weighted by molar-refractivity contribution is 5.89. The van der Waals surface area contributed by atoms with Gasteiger partial charge >= 0.3 is 12.1 Å². The Labute approximate surface area is 147 Å². The minimum Gasteiger partial charge on any atom is -0.480 e. The van der Waals surface area contributed by atoms with Crippen molar-refractivity contribution in [2.45, 2.75) is 45.4 Å². The number of carbonyl (C=O) groups excluding carboxylic acids is 2. The Morgan fingerprint density at radius 3 is 2.56 bits per heavy atom. The Kier molecular flexibility index (Phi) is 6.38. The third-order valence-corrected chi connectivity index (χ3v) is 4.23. The van der Waals surface area contributed by atoms with Crippen molar-refractivity contribution in [3.05, 3.63) is 35.9 Å². The van der Waals surface area contributed by atoms with Crippen molar-refractivity contribution >= 4 is 18.0 Å². The molecule has 25 heavy (non-hydrogen) atoms. The second-order valence-electron chi connectivity index (χ2n) is 6.46. The van der Waals surface area contributed by atoms with Gasteiger partial charge in [-0.3, -0.25) is 9.69 Å². The molecule has 2 atom stereocenters. The molecule has 0 radical (unpaired) electrons. The number of ether oxygens (including phenoxy) is 1. The van der Waals surface area contributed by atoms with E-state index in [1.807, 2.05) is 30.3 Å². The van der Waals surface area contributed by atoms with Crippen molar-refractivity contribution < 1.29 is 24.2 Å². The second-order valence-corrected chi connectivity index (χ2v) is 6.46.